The van der Waals surface area contributed by atoms with Gasteiger partial charge in [0.25, 0.3) is 5.56 Å². The molecule has 0 saturated heterocycles. The zero-order chi connectivity index (χ0) is 22.2. The Kier molecular flexibility index (Phi) is 5.38. The SMILES string of the molecule is Cc1cccc(CSc2nc(=O)c3c(n2C)NC(=O)CC3c2ccc3c(c2)OCCO3)c1. The van der Waals surface area contributed by atoms with E-state index in [1.54, 1.807) is 4.57 Å². The van der Waals surface area contributed by atoms with Crippen molar-refractivity contribution in [2.45, 2.75) is 30.2 Å². The molecule has 3 aromatic rings. The van der Waals surface area contributed by atoms with Crippen LogP contribution in [0.1, 0.15) is 34.6 Å². The number of nitrogens with zero attached hydrogens (tertiary/aromatic N) is 2. The number of carbonyl (C=O) groups is 1. The normalized spacial score (nSPS) is 16.9. The highest BCUT2D eigenvalue weighted by Crippen LogP contribution is 2.40. The maximum absolute atomic E-state index is 13.1. The van der Waals surface area contributed by atoms with E-state index >= 15 is 0 Å². The number of anilines is 1. The number of amides is 1. The first-order chi connectivity index (χ1) is 15.5. The van der Waals surface area contributed by atoms with Crippen molar-refractivity contribution in [3.63, 3.8) is 0 Å². The smallest absolute Gasteiger partial charge is 0.279 e. The van der Waals surface area contributed by atoms with Crippen molar-refractivity contribution in [3.05, 3.63) is 75.1 Å². The molecule has 8 heteroatoms. The fourth-order valence-corrected chi connectivity index (χ4v) is 5.08. The summed E-state index contributed by atoms with van der Waals surface area (Å²) in [5, 5.41) is 3.46. The fraction of sp³-hybridized carbons (Fsp3) is 0.292. The van der Waals surface area contributed by atoms with Gasteiger partial charge in [-0.25, -0.2) is 0 Å². The van der Waals surface area contributed by atoms with Gasteiger partial charge >= 0.3 is 0 Å². The molecule has 0 spiro atoms. The highest BCUT2D eigenvalue weighted by Gasteiger charge is 2.32. The van der Waals surface area contributed by atoms with Gasteiger partial charge < -0.3 is 19.4 Å². The van der Waals surface area contributed by atoms with E-state index in [-0.39, 0.29) is 17.9 Å². The summed E-state index contributed by atoms with van der Waals surface area (Å²) in [5.74, 6) is 1.98. The molecular weight excluding hydrogens is 426 g/mol. The van der Waals surface area contributed by atoms with Crippen LogP contribution in [-0.4, -0.2) is 28.7 Å². The number of aryl methyl sites for hydroxylation is 1. The number of aromatic nitrogens is 2. The average molecular weight is 450 g/mol. The minimum absolute atomic E-state index is 0.131. The second-order valence-electron chi connectivity index (χ2n) is 8.01. The van der Waals surface area contributed by atoms with Gasteiger partial charge in [-0.15, -0.1) is 0 Å². The number of carbonyl (C=O) groups excluding carboxylic acids is 1. The molecule has 0 bridgehead atoms. The monoisotopic (exact) mass is 449 g/mol. The summed E-state index contributed by atoms with van der Waals surface area (Å²) < 4.78 is 13.1. The van der Waals surface area contributed by atoms with E-state index in [2.05, 4.69) is 35.4 Å². The highest BCUT2D eigenvalue weighted by atomic mass is 32.2. The Morgan fingerprint density at radius 1 is 1.12 bits per heavy atom. The van der Waals surface area contributed by atoms with E-state index in [1.807, 2.05) is 31.3 Å². The third-order valence-electron chi connectivity index (χ3n) is 5.72. The second kappa shape index (κ2) is 8.35. The van der Waals surface area contributed by atoms with Crippen molar-refractivity contribution in [2.24, 2.45) is 7.05 Å². The molecule has 0 aliphatic carbocycles. The van der Waals surface area contributed by atoms with Crippen molar-refractivity contribution in [2.75, 3.05) is 18.5 Å². The van der Waals surface area contributed by atoms with Crippen LogP contribution in [0, 0.1) is 6.92 Å². The number of ether oxygens (including phenoxy) is 2. The van der Waals surface area contributed by atoms with E-state index in [4.69, 9.17) is 9.47 Å². The highest BCUT2D eigenvalue weighted by molar-refractivity contribution is 7.98. The van der Waals surface area contributed by atoms with Crippen LogP contribution < -0.4 is 20.3 Å². The van der Waals surface area contributed by atoms with Gasteiger partial charge in [0.1, 0.15) is 19.0 Å². The van der Waals surface area contributed by atoms with Crippen molar-refractivity contribution in [1.29, 1.82) is 0 Å². The molecule has 32 heavy (non-hydrogen) atoms. The van der Waals surface area contributed by atoms with E-state index < -0.39 is 5.92 Å². The van der Waals surface area contributed by atoms with Gasteiger partial charge in [-0.05, 0) is 30.2 Å². The lowest BCUT2D eigenvalue weighted by Gasteiger charge is -2.28. The van der Waals surface area contributed by atoms with Crippen LogP contribution in [-0.2, 0) is 17.6 Å². The standard InChI is InChI=1S/C24H23N3O4S/c1-14-4-3-5-15(10-14)13-32-24-26-23(29)21-17(12-20(28)25-22(21)27(24)2)16-6-7-18-19(11-16)31-9-8-30-18/h3-7,10-11,17H,8-9,12-13H2,1-2H3,(H,25,28). The van der Waals surface area contributed by atoms with Crippen LogP contribution in [0.3, 0.4) is 0 Å². The molecule has 7 nitrogen and oxygen atoms in total. The molecule has 2 aliphatic rings. The lowest BCUT2D eigenvalue weighted by atomic mass is 9.86. The summed E-state index contributed by atoms with van der Waals surface area (Å²) in [5.41, 5.74) is 3.36. The van der Waals surface area contributed by atoms with Gasteiger partial charge in [-0.3, -0.25) is 9.59 Å². The Bertz CT molecular complexity index is 1270. The first-order valence-electron chi connectivity index (χ1n) is 10.5. The number of hydrogen-bond donors (Lipinski definition) is 1. The van der Waals surface area contributed by atoms with Crippen LogP contribution in [0.4, 0.5) is 5.82 Å². The molecule has 0 radical (unpaired) electrons. The van der Waals surface area contributed by atoms with E-state index in [0.29, 0.717) is 47.0 Å². The predicted octanol–water partition coefficient (Wildman–Crippen LogP) is 3.63. The molecule has 1 amide bonds. The molecule has 1 N–H and O–H groups in total. The maximum atomic E-state index is 13.1. The Morgan fingerprint density at radius 3 is 2.75 bits per heavy atom. The molecule has 0 fully saturated rings. The first-order valence-corrected chi connectivity index (χ1v) is 11.5. The molecule has 3 heterocycles. The van der Waals surface area contributed by atoms with Gasteiger partial charge in [0.2, 0.25) is 5.91 Å². The lowest BCUT2D eigenvalue weighted by molar-refractivity contribution is -0.116. The molecule has 5 rings (SSSR count). The predicted molar refractivity (Wildman–Crippen MR) is 123 cm³/mol. The van der Waals surface area contributed by atoms with Crippen LogP contribution in [0.15, 0.2) is 52.4 Å². The molecule has 1 atom stereocenters. The Labute approximate surface area is 189 Å². The summed E-state index contributed by atoms with van der Waals surface area (Å²) in [4.78, 5) is 30.1. The van der Waals surface area contributed by atoms with Crippen LogP contribution in [0.2, 0.25) is 0 Å². The topological polar surface area (TPSA) is 82.5 Å². The lowest BCUT2D eigenvalue weighted by Crippen LogP contribution is -2.33. The van der Waals surface area contributed by atoms with E-state index in [1.165, 1.54) is 17.3 Å². The van der Waals surface area contributed by atoms with Crippen LogP contribution in [0.25, 0.3) is 0 Å². The van der Waals surface area contributed by atoms with Crippen molar-refractivity contribution in [1.82, 2.24) is 9.55 Å². The van der Waals surface area contributed by atoms with Crippen molar-refractivity contribution in [3.8, 4) is 11.5 Å². The van der Waals surface area contributed by atoms with Gasteiger partial charge in [0, 0.05) is 25.1 Å². The number of hydrogen-bond acceptors (Lipinski definition) is 6. The average Bonchev–Trinajstić information content (AvgIpc) is 2.79. The summed E-state index contributed by atoms with van der Waals surface area (Å²) in [7, 11) is 1.83. The number of nitrogens with one attached hydrogen (secondary N) is 1. The molecule has 0 saturated carbocycles. The first kappa shape index (κ1) is 20.6. The molecule has 2 aliphatic heterocycles. The molecular formula is C24H23N3O4S. The minimum Gasteiger partial charge on any atom is -0.486 e. The van der Waals surface area contributed by atoms with Crippen LogP contribution >= 0.6 is 11.8 Å². The summed E-state index contributed by atoms with van der Waals surface area (Å²) in [6.45, 7) is 3.03. The van der Waals surface area contributed by atoms with E-state index in [0.717, 1.165) is 11.1 Å². The molecule has 164 valence electrons. The van der Waals surface area contributed by atoms with Crippen molar-refractivity contribution >= 4 is 23.5 Å². The summed E-state index contributed by atoms with van der Waals surface area (Å²) in [6.07, 6.45) is 0.180. The van der Waals surface area contributed by atoms with E-state index in [9.17, 15) is 9.59 Å². The zero-order valence-corrected chi connectivity index (χ0v) is 18.7. The Hall–Kier alpha value is -3.26. The van der Waals surface area contributed by atoms with Crippen molar-refractivity contribution < 1.29 is 14.3 Å². The maximum Gasteiger partial charge on any atom is 0.279 e. The number of benzene rings is 2. The largest absolute Gasteiger partial charge is 0.486 e. The number of rotatable bonds is 4. The van der Waals surface area contributed by atoms with Gasteiger partial charge in [0.05, 0.1) is 5.56 Å². The van der Waals surface area contributed by atoms with Gasteiger partial charge in [0.15, 0.2) is 16.7 Å². The van der Waals surface area contributed by atoms with Crippen LogP contribution in [0.5, 0.6) is 11.5 Å². The second-order valence-corrected chi connectivity index (χ2v) is 8.95. The molecule has 1 aromatic heterocycles. The number of thioether (sulfide) groups is 1. The van der Waals surface area contributed by atoms with Gasteiger partial charge in [-0.2, -0.15) is 4.98 Å². The molecule has 1 unspecified atom stereocenters. The zero-order valence-electron chi connectivity index (χ0n) is 17.9. The Balaban J connectivity index is 1.51. The summed E-state index contributed by atoms with van der Waals surface area (Å²) >= 11 is 1.48. The third-order valence-corrected chi connectivity index (χ3v) is 6.82. The fourth-order valence-electron chi connectivity index (χ4n) is 4.18. The van der Waals surface area contributed by atoms with Gasteiger partial charge in [-0.1, -0.05) is 47.7 Å². The molecule has 2 aromatic carbocycles. The third kappa shape index (κ3) is 3.86. The summed E-state index contributed by atoms with van der Waals surface area (Å²) in [6, 6.07) is 13.8. The Morgan fingerprint density at radius 2 is 1.94 bits per heavy atom. The number of fused-ring (bicyclic) bond motifs is 2. The minimum atomic E-state index is -0.392. The quantitative estimate of drug-likeness (QED) is 0.484.